The molecule has 1 saturated heterocycles. The molecule has 0 aliphatic carbocycles. The van der Waals surface area contributed by atoms with Gasteiger partial charge in [-0.3, -0.25) is 9.71 Å². The van der Waals surface area contributed by atoms with E-state index in [0.29, 0.717) is 11.6 Å². The molecule has 1 aromatic carbocycles. The molecule has 9 heteroatoms. The number of allylic oxidation sites excluding steroid dienone is 1. The second kappa shape index (κ2) is 12.7. The molecule has 1 atom stereocenters. The lowest BCUT2D eigenvalue weighted by atomic mass is 9.82. The summed E-state index contributed by atoms with van der Waals surface area (Å²) < 4.78 is 40.0. The third kappa shape index (κ3) is 7.78. The van der Waals surface area contributed by atoms with Crippen molar-refractivity contribution in [3.63, 3.8) is 0 Å². The predicted octanol–water partition coefficient (Wildman–Crippen LogP) is 5.07. The number of sulfonamides is 1. The number of ether oxygens (including phenoxy) is 2. The van der Waals surface area contributed by atoms with Gasteiger partial charge < -0.3 is 14.8 Å². The van der Waals surface area contributed by atoms with E-state index in [1.807, 2.05) is 32.2 Å². The smallest absolute Gasteiger partial charge is 0.265 e. The van der Waals surface area contributed by atoms with Crippen LogP contribution in [0.15, 0.2) is 52.1 Å². The molecule has 190 valence electrons. The molecular formula is C25H39N3O4S2. The minimum atomic E-state index is -3.85. The number of rotatable bonds is 9. The normalized spacial score (nSPS) is 17.9. The fraction of sp³-hybridized carbons (Fsp3) is 0.560. The lowest BCUT2D eigenvalue weighted by Gasteiger charge is -2.38. The number of amidine groups is 1. The van der Waals surface area contributed by atoms with Crippen LogP contribution in [0.2, 0.25) is 0 Å². The summed E-state index contributed by atoms with van der Waals surface area (Å²) in [6, 6.07) is 6.95. The van der Waals surface area contributed by atoms with Crippen molar-refractivity contribution in [1.29, 1.82) is 0 Å². The summed E-state index contributed by atoms with van der Waals surface area (Å²) in [4.78, 5) is 4.87. The first-order valence-corrected chi connectivity index (χ1v) is 14.2. The Balaban J connectivity index is 2.23. The lowest BCUT2D eigenvalue weighted by Crippen LogP contribution is -2.50. The van der Waals surface area contributed by atoms with E-state index < -0.39 is 10.0 Å². The quantitative estimate of drug-likeness (QED) is 0.209. The molecule has 2 rings (SSSR count). The number of aliphatic imine (C=N–C) groups is 1. The van der Waals surface area contributed by atoms with Crippen molar-refractivity contribution in [3.05, 3.63) is 52.6 Å². The van der Waals surface area contributed by atoms with E-state index in [0.717, 1.165) is 36.8 Å². The molecule has 2 N–H and O–H groups in total. The van der Waals surface area contributed by atoms with Gasteiger partial charge in [-0.15, -0.1) is 0 Å². The SMILES string of the molecule is C/C=C(\C(=C/C(C)N=C(NC(C)(C)C1CCOCC1)SC)OC)S(=O)(=O)Nc1ccccc1C. The number of thioether (sulfide) groups is 1. The molecule has 7 nitrogen and oxygen atoms in total. The first-order valence-electron chi connectivity index (χ1n) is 11.5. The minimum absolute atomic E-state index is 0.0708. The molecule has 0 amide bonds. The van der Waals surface area contributed by atoms with Crippen LogP contribution >= 0.6 is 11.8 Å². The van der Waals surface area contributed by atoms with Crippen molar-refractivity contribution in [1.82, 2.24) is 5.32 Å². The van der Waals surface area contributed by atoms with Gasteiger partial charge in [-0.25, -0.2) is 8.42 Å². The van der Waals surface area contributed by atoms with Crippen molar-refractivity contribution in [2.45, 2.75) is 59.0 Å². The molecule has 0 radical (unpaired) electrons. The average molecular weight is 510 g/mol. The fourth-order valence-electron chi connectivity index (χ4n) is 3.94. The highest BCUT2D eigenvalue weighted by molar-refractivity contribution is 8.13. The topological polar surface area (TPSA) is 89.0 Å². The van der Waals surface area contributed by atoms with Crippen LogP contribution in [0, 0.1) is 12.8 Å². The molecule has 1 aliphatic heterocycles. The Morgan fingerprint density at radius 1 is 1.29 bits per heavy atom. The third-order valence-corrected chi connectivity index (χ3v) is 8.08. The van der Waals surface area contributed by atoms with Gasteiger partial charge in [0.1, 0.15) is 10.7 Å². The van der Waals surface area contributed by atoms with Gasteiger partial charge in [0.2, 0.25) is 0 Å². The number of hydrogen-bond donors (Lipinski definition) is 2. The maximum Gasteiger partial charge on any atom is 0.265 e. The Bertz CT molecular complexity index is 1010. The predicted molar refractivity (Wildman–Crippen MR) is 144 cm³/mol. The maximum atomic E-state index is 13.1. The van der Waals surface area contributed by atoms with Crippen molar-refractivity contribution >= 4 is 32.6 Å². The van der Waals surface area contributed by atoms with Crippen molar-refractivity contribution in [2.75, 3.05) is 31.3 Å². The molecular weight excluding hydrogens is 470 g/mol. The lowest BCUT2D eigenvalue weighted by molar-refractivity contribution is 0.0415. The number of nitrogens with zero attached hydrogens (tertiary/aromatic N) is 1. The van der Waals surface area contributed by atoms with Crippen LogP contribution in [0.5, 0.6) is 0 Å². The Morgan fingerprint density at radius 2 is 1.94 bits per heavy atom. The van der Waals surface area contributed by atoms with Crippen LogP contribution in [0.25, 0.3) is 0 Å². The Morgan fingerprint density at radius 3 is 2.50 bits per heavy atom. The largest absolute Gasteiger partial charge is 0.496 e. The molecule has 0 aromatic heterocycles. The number of para-hydroxylation sites is 1. The molecule has 0 spiro atoms. The van der Waals surface area contributed by atoms with E-state index >= 15 is 0 Å². The zero-order valence-corrected chi connectivity index (χ0v) is 23.0. The molecule has 1 aliphatic rings. The molecule has 1 fully saturated rings. The summed E-state index contributed by atoms with van der Waals surface area (Å²) in [5.74, 6) is 0.746. The highest BCUT2D eigenvalue weighted by atomic mass is 32.2. The summed E-state index contributed by atoms with van der Waals surface area (Å²) in [5.41, 5.74) is 1.24. The van der Waals surface area contributed by atoms with Gasteiger partial charge in [0.25, 0.3) is 10.0 Å². The number of benzene rings is 1. The number of aryl methyl sites for hydroxylation is 1. The van der Waals surface area contributed by atoms with Crippen LogP contribution < -0.4 is 10.0 Å². The summed E-state index contributed by atoms with van der Waals surface area (Å²) in [6.07, 6.45) is 7.27. The zero-order chi connectivity index (χ0) is 25.4. The van der Waals surface area contributed by atoms with Crippen LogP contribution in [0.3, 0.4) is 0 Å². The van der Waals surface area contributed by atoms with Crippen molar-refractivity contribution in [3.8, 4) is 0 Å². The standard InChI is InChI=1S/C25H39N3O4S2/c1-8-23(34(29,30)28-21-12-10-9-11-18(21)2)22(31-6)17-19(3)26-24(33-7)27-25(4,5)20-13-15-32-16-14-20/h8-12,17,19-20,28H,13-16H2,1-7H3,(H,26,27)/b22-17+,23-8+. The second-order valence-electron chi connectivity index (χ2n) is 8.92. The van der Waals surface area contributed by atoms with Crippen molar-refractivity contribution in [2.24, 2.45) is 10.9 Å². The van der Waals surface area contributed by atoms with Crippen LogP contribution in [0.1, 0.15) is 46.1 Å². The van der Waals surface area contributed by atoms with Gasteiger partial charge >= 0.3 is 0 Å². The van der Waals surface area contributed by atoms with Gasteiger partial charge in [-0.05, 0) is 77.3 Å². The minimum Gasteiger partial charge on any atom is -0.496 e. The summed E-state index contributed by atoms with van der Waals surface area (Å²) in [7, 11) is -2.38. The van der Waals surface area contributed by atoms with E-state index in [1.165, 1.54) is 24.9 Å². The number of hydrogen-bond acceptors (Lipinski definition) is 6. The van der Waals surface area contributed by atoms with E-state index in [1.54, 1.807) is 25.1 Å². The average Bonchev–Trinajstić information content (AvgIpc) is 2.80. The highest BCUT2D eigenvalue weighted by Gasteiger charge is 2.32. The van der Waals surface area contributed by atoms with Crippen LogP contribution in [-0.2, 0) is 19.5 Å². The first kappa shape index (κ1) is 28.3. The van der Waals surface area contributed by atoms with Crippen LogP contribution in [-0.4, -0.2) is 51.7 Å². The first-order chi connectivity index (χ1) is 16.0. The molecule has 0 bridgehead atoms. The fourth-order valence-corrected chi connectivity index (χ4v) is 5.93. The van der Waals surface area contributed by atoms with Gasteiger partial charge in [-0.1, -0.05) is 36.0 Å². The van der Waals surface area contributed by atoms with Gasteiger partial charge in [0.15, 0.2) is 5.17 Å². The van der Waals surface area contributed by atoms with Gasteiger partial charge in [0, 0.05) is 18.8 Å². The van der Waals surface area contributed by atoms with Crippen LogP contribution in [0.4, 0.5) is 5.69 Å². The van der Waals surface area contributed by atoms with E-state index in [4.69, 9.17) is 14.5 Å². The molecule has 1 unspecified atom stereocenters. The highest BCUT2D eigenvalue weighted by Crippen LogP contribution is 2.28. The molecule has 34 heavy (non-hydrogen) atoms. The van der Waals surface area contributed by atoms with Crippen molar-refractivity contribution < 1.29 is 17.9 Å². The maximum absolute atomic E-state index is 13.1. The van der Waals surface area contributed by atoms with Gasteiger partial charge in [0.05, 0.1) is 18.8 Å². The summed E-state index contributed by atoms with van der Waals surface area (Å²) >= 11 is 1.54. The van der Waals surface area contributed by atoms with E-state index in [9.17, 15) is 8.42 Å². The molecule has 1 aromatic rings. The van der Waals surface area contributed by atoms with Gasteiger partial charge in [-0.2, -0.15) is 0 Å². The molecule has 0 saturated carbocycles. The number of methoxy groups -OCH3 is 1. The zero-order valence-electron chi connectivity index (χ0n) is 21.3. The number of anilines is 1. The Hall–Kier alpha value is -1.97. The number of nitrogens with one attached hydrogen (secondary N) is 2. The third-order valence-electron chi connectivity index (χ3n) is 5.98. The molecule has 1 heterocycles. The summed E-state index contributed by atoms with van der Waals surface area (Å²) in [5, 5.41) is 4.39. The van der Waals surface area contributed by atoms with E-state index in [2.05, 4.69) is 23.9 Å². The van der Waals surface area contributed by atoms with E-state index in [-0.39, 0.29) is 22.2 Å². The Kier molecular flexibility index (Phi) is 10.5. The summed E-state index contributed by atoms with van der Waals surface area (Å²) in [6.45, 7) is 11.4. The monoisotopic (exact) mass is 509 g/mol. The Labute approximate surface area is 209 Å². The second-order valence-corrected chi connectivity index (χ2v) is 11.4.